The molecule has 10 nitrogen and oxygen atoms in total. The van der Waals surface area contributed by atoms with E-state index in [1.807, 2.05) is 0 Å². The highest BCUT2D eigenvalue weighted by Crippen LogP contribution is 2.35. The Kier molecular flexibility index (Phi) is 7.85. The van der Waals surface area contributed by atoms with E-state index in [2.05, 4.69) is 4.98 Å². The van der Waals surface area contributed by atoms with Gasteiger partial charge >= 0.3 is 17.9 Å². The Morgan fingerprint density at radius 3 is 1.95 bits per heavy atom. The Morgan fingerprint density at radius 1 is 0.744 bits per heavy atom. The first kappa shape index (κ1) is 26.8. The number of nitrogens with zero attached hydrogens (tertiary/aromatic N) is 2. The third-order valence-corrected chi connectivity index (χ3v) is 5.38. The Morgan fingerprint density at radius 2 is 1.33 bits per heavy atom. The number of carbonyl (C=O) groups excluding carboxylic acids is 3. The maximum Gasteiger partial charge on any atom is 0.308 e. The Hall–Kier alpha value is -5.25. The molecule has 0 saturated heterocycles. The van der Waals surface area contributed by atoms with E-state index < -0.39 is 23.5 Å². The molecule has 1 aromatic heterocycles. The number of aromatic nitrogens is 2. The van der Waals surface area contributed by atoms with Gasteiger partial charge in [-0.1, -0.05) is 30.3 Å². The molecule has 0 unspecified atom stereocenters. The molecule has 1 heterocycles. The minimum Gasteiger partial charge on any atom is -0.493 e. The predicted octanol–water partition coefficient (Wildman–Crippen LogP) is 4.34. The van der Waals surface area contributed by atoms with Crippen LogP contribution in [0.3, 0.4) is 0 Å². The average Bonchev–Trinajstić information content (AvgIpc) is 2.88. The molecule has 0 spiro atoms. The second kappa shape index (κ2) is 11.4. The maximum atomic E-state index is 13.9. The van der Waals surface area contributed by atoms with Crippen molar-refractivity contribution in [2.45, 2.75) is 20.8 Å². The molecule has 0 saturated carbocycles. The fourth-order valence-corrected chi connectivity index (χ4v) is 3.92. The van der Waals surface area contributed by atoms with Crippen LogP contribution in [0, 0.1) is 0 Å². The zero-order valence-corrected chi connectivity index (χ0v) is 21.6. The first-order valence-corrected chi connectivity index (χ1v) is 11.7. The van der Waals surface area contributed by atoms with Crippen molar-refractivity contribution in [3.05, 3.63) is 82.4 Å². The molecule has 0 fully saturated rings. The lowest BCUT2D eigenvalue weighted by molar-refractivity contribution is -0.133. The van der Waals surface area contributed by atoms with E-state index in [-0.39, 0.29) is 34.1 Å². The highest BCUT2D eigenvalue weighted by Gasteiger charge is 2.22. The van der Waals surface area contributed by atoms with E-state index >= 15 is 0 Å². The van der Waals surface area contributed by atoms with Gasteiger partial charge in [-0.3, -0.25) is 23.7 Å². The second-order valence-corrected chi connectivity index (χ2v) is 8.22. The van der Waals surface area contributed by atoms with Crippen LogP contribution in [-0.2, 0) is 14.4 Å². The number of methoxy groups -OCH3 is 1. The summed E-state index contributed by atoms with van der Waals surface area (Å²) in [5.41, 5.74) is 0.381. The minimum absolute atomic E-state index is 0.0108. The van der Waals surface area contributed by atoms with Crippen LogP contribution in [0.15, 0.2) is 65.5 Å². The normalized spacial score (nSPS) is 10.9. The number of hydrogen-bond acceptors (Lipinski definition) is 9. The number of esters is 3. The summed E-state index contributed by atoms with van der Waals surface area (Å²) in [6, 6.07) is 16.2. The minimum atomic E-state index is -0.641. The molecule has 0 amide bonds. The molecule has 3 aromatic carbocycles. The summed E-state index contributed by atoms with van der Waals surface area (Å²) in [5.74, 6) is -1.24. The Labute approximate surface area is 223 Å². The number of ether oxygens (including phenoxy) is 4. The molecule has 0 aliphatic heterocycles. The standard InChI is InChI=1S/C29H24N2O8/c1-17(32)37-23-12-8-13-24(38-18(2)33)27(23)31-26(30-22-11-6-5-10-21(22)29(31)35)16-15-20-9-7-14-25(36-4)28(20)39-19(3)34/h5-16H,1-4H3/b16-15+. The van der Waals surface area contributed by atoms with E-state index in [9.17, 15) is 19.2 Å². The summed E-state index contributed by atoms with van der Waals surface area (Å²) >= 11 is 0. The molecular weight excluding hydrogens is 504 g/mol. The number of para-hydroxylation sites is 3. The van der Waals surface area contributed by atoms with E-state index in [0.717, 1.165) is 0 Å². The van der Waals surface area contributed by atoms with Gasteiger partial charge in [-0.15, -0.1) is 0 Å². The molecule has 0 N–H and O–H groups in total. The van der Waals surface area contributed by atoms with Gasteiger partial charge in [0, 0.05) is 26.3 Å². The summed E-state index contributed by atoms with van der Waals surface area (Å²) in [7, 11) is 1.45. The lowest BCUT2D eigenvalue weighted by Gasteiger charge is -2.18. The summed E-state index contributed by atoms with van der Waals surface area (Å²) in [6.07, 6.45) is 3.12. The molecule has 0 radical (unpaired) electrons. The van der Waals surface area contributed by atoms with Crippen LogP contribution in [0.4, 0.5) is 0 Å². The van der Waals surface area contributed by atoms with Gasteiger partial charge in [0.2, 0.25) is 0 Å². The molecule has 0 atom stereocenters. The lowest BCUT2D eigenvalue weighted by atomic mass is 10.1. The largest absolute Gasteiger partial charge is 0.493 e. The zero-order valence-electron chi connectivity index (χ0n) is 21.6. The fraction of sp³-hybridized carbons (Fsp3) is 0.138. The first-order valence-electron chi connectivity index (χ1n) is 11.7. The van der Waals surface area contributed by atoms with Crippen LogP contribution in [0.5, 0.6) is 23.0 Å². The van der Waals surface area contributed by atoms with Crippen molar-refractivity contribution in [3.8, 4) is 28.7 Å². The van der Waals surface area contributed by atoms with E-state index in [0.29, 0.717) is 16.8 Å². The highest BCUT2D eigenvalue weighted by atomic mass is 16.6. The SMILES string of the molecule is COc1cccc(/C=C/c2nc3ccccc3c(=O)n2-c2c(OC(C)=O)cccc2OC(C)=O)c1OC(C)=O. The number of fused-ring (bicyclic) bond motifs is 1. The van der Waals surface area contributed by atoms with Crippen LogP contribution < -0.4 is 24.5 Å². The monoisotopic (exact) mass is 528 g/mol. The van der Waals surface area contributed by atoms with Gasteiger partial charge in [-0.05, 0) is 42.5 Å². The molecule has 39 heavy (non-hydrogen) atoms. The van der Waals surface area contributed by atoms with Crippen LogP contribution in [0.25, 0.3) is 28.7 Å². The van der Waals surface area contributed by atoms with E-state index in [1.54, 1.807) is 48.5 Å². The third-order valence-electron chi connectivity index (χ3n) is 5.38. The molecule has 10 heteroatoms. The summed E-state index contributed by atoms with van der Waals surface area (Å²) < 4.78 is 22.7. The molecule has 0 bridgehead atoms. The molecule has 4 rings (SSSR count). The van der Waals surface area contributed by atoms with Crippen molar-refractivity contribution in [2.24, 2.45) is 0 Å². The Balaban J connectivity index is 2.03. The van der Waals surface area contributed by atoms with Crippen molar-refractivity contribution < 1.29 is 33.3 Å². The number of rotatable bonds is 7. The van der Waals surface area contributed by atoms with E-state index in [1.165, 1.54) is 56.7 Å². The van der Waals surface area contributed by atoms with Gasteiger partial charge in [-0.2, -0.15) is 0 Å². The van der Waals surface area contributed by atoms with Crippen LogP contribution >= 0.6 is 0 Å². The smallest absolute Gasteiger partial charge is 0.308 e. The summed E-state index contributed by atoms with van der Waals surface area (Å²) in [4.78, 5) is 54.1. The fourth-order valence-electron chi connectivity index (χ4n) is 3.92. The van der Waals surface area contributed by atoms with Gasteiger partial charge in [0.05, 0.1) is 18.0 Å². The quantitative estimate of drug-likeness (QED) is 0.255. The zero-order chi connectivity index (χ0) is 28.1. The van der Waals surface area contributed by atoms with Crippen molar-refractivity contribution in [3.63, 3.8) is 0 Å². The number of benzene rings is 3. The Bertz CT molecular complexity index is 1650. The number of carbonyl (C=O) groups is 3. The van der Waals surface area contributed by atoms with Crippen molar-refractivity contribution in [1.29, 1.82) is 0 Å². The van der Waals surface area contributed by atoms with E-state index in [4.69, 9.17) is 18.9 Å². The second-order valence-electron chi connectivity index (χ2n) is 8.22. The third kappa shape index (κ3) is 5.85. The van der Waals surface area contributed by atoms with Crippen molar-refractivity contribution >= 4 is 41.0 Å². The topological polar surface area (TPSA) is 123 Å². The highest BCUT2D eigenvalue weighted by molar-refractivity contribution is 5.83. The molecule has 0 aliphatic rings. The predicted molar refractivity (Wildman–Crippen MR) is 143 cm³/mol. The molecular formula is C29H24N2O8. The summed E-state index contributed by atoms with van der Waals surface area (Å²) in [5, 5.41) is 0.281. The van der Waals surface area contributed by atoms with Gasteiger partial charge in [0.25, 0.3) is 5.56 Å². The van der Waals surface area contributed by atoms with Gasteiger partial charge in [0.1, 0.15) is 11.5 Å². The molecule has 0 aliphatic carbocycles. The first-order chi connectivity index (χ1) is 18.7. The van der Waals surface area contributed by atoms with Gasteiger partial charge < -0.3 is 18.9 Å². The van der Waals surface area contributed by atoms with Crippen molar-refractivity contribution in [1.82, 2.24) is 9.55 Å². The van der Waals surface area contributed by atoms with Crippen LogP contribution in [0.2, 0.25) is 0 Å². The van der Waals surface area contributed by atoms with Crippen LogP contribution in [-0.4, -0.2) is 34.6 Å². The maximum absolute atomic E-state index is 13.9. The van der Waals surface area contributed by atoms with Gasteiger partial charge in [-0.25, -0.2) is 4.98 Å². The number of hydrogen-bond donors (Lipinski definition) is 0. The van der Waals surface area contributed by atoms with Crippen LogP contribution in [0.1, 0.15) is 32.2 Å². The molecule has 198 valence electrons. The molecule has 4 aromatic rings. The lowest BCUT2D eigenvalue weighted by Crippen LogP contribution is -2.24. The summed E-state index contributed by atoms with van der Waals surface area (Å²) in [6.45, 7) is 3.69. The van der Waals surface area contributed by atoms with Crippen molar-refractivity contribution in [2.75, 3.05) is 7.11 Å². The average molecular weight is 529 g/mol. The van der Waals surface area contributed by atoms with Gasteiger partial charge in [0.15, 0.2) is 23.0 Å².